The molecule has 0 atom stereocenters. The van der Waals surface area contributed by atoms with Gasteiger partial charge < -0.3 is 10.2 Å². The van der Waals surface area contributed by atoms with Gasteiger partial charge in [-0.1, -0.05) is 5.75 Å². The smallest absolute Gasteiger partial charge is 0.871 e. The Balaban J connectivity index is 0.00000385. The van der Waals surface area contributed by atoms with Gasteiger partial charge in [-0.05, 0) is 0 Å². The number of fused-ring (bicyclic) bond motifs is 2. The molecule has 0 aromatic heterocycles. The Bertz CT molecular complexity index is 1410. The minimum Gasteiger partial charge on any atom is -0.871 e. The number of ketones is 2. The van der Waals surface area contributed by atoms with Crippen LogP contribution in [0.2, 0.25) is 0 Å². The van der Waals surface area contributed by atoms with E-state index in [0.717, 1.165) is 0 Å². The van der Waals surface area contributed by atoms with Crippen LogP contribution in [0, 0.1) is 20.2 Å². The molecule has 16 nitrogen and oxygen atoms in total. The van der Waals surface area contributed by atoms with Crippen molar-refractivity contribution in [2.75, 3.05) is 0 Å². The molecule has 1 aliphatic carbocycles. The first-order valence-electron chi connectivity index (χ1n) is 7.61. The molecule has 1 aliphatic rings. The van der Waals surface area contributed by atoms with Gasteiger partial charge in [0.15, 0.2) is 0 Å². The number of phenolic OH excluding ortho intramolecular Hbond substituents is 1. The zero-order valence-corrected chi connectivity index (χ0v) is 19.3. The molecule has 168 valence electrons. The maximum Gasteiger partial charge on any atom is 1.00 e. The fraction of sp³-hybridized carbons (Fsp3) is 0. The van der Waals surface area contributed by atoms with E-state index in [4.69, 9.17) is 4.55 Å². The first kappa shape index (κ1) is 26.3. The summed E-state index contributed by atoms with van der Waals surface area (Å²) >= 11 is 0. The number of carbonyl (C=O) groups is 2. The normalized spacial score (nSPS) is 13.0. The van der Waals surface area contributed by atoms with Gasteiger partial charge in [-0.3, -0.25) is 38.9 Å². The second-order valence-corrected chi connectivity index (χ2v) is 8.87. The second-order valence-electron chi connectivity index (χ2n) is 6.09. The van der Waals surface area contributed by atoms with Gasteiger partial charge in [0.25, 0.3) is 31.6 Å². The standard InChI is InChI=1S/C14H6N2O14S2.Na/c17-11-5(31(25,26)27)1-3(15(21)22)7-9(11)14(20)8-4(16(23)24)2-6(32(28,29)30)12(18)10(8)13(7)19;/h1-2,17-18H,(H,25,26,27)(H,28,29,30);/q;+1/p-1. The van der Waals surface area contributed by atoms with Crippen molar-refractivity contribution < 1.29 is 85.1 Å². The van der Waals surface area contributed by atoms with Crippen molar-refractivity contribution >= 4 is 43.2 Å². The van der Waals surface area contributed by atoms with Crippen molar-refractivity contribution in [3.8, 4) is 11.5 Å². The summed E-state index contributed by atoms with van der Waals surface area (Å²) in [5.41, 5.74) is -8.82. The molecule has 0 heterocycles. The largest absolute Gasteiger partial charge is 1.00 e. The predicted octanol–water partition coefficient (Wildman–Crippen LogP) is -3.44. The molecule has 19 heteroatoms. The summed E-state index contributed by atoms with van der Waals surface area (Å²) in [6.45, 7) is 0. The van der Waals surface area contributed by atoms with Crippen molar-refractivity contribution in [1.82, 2.24) is 0 Å². The molecule has 2 aromatic rings. The average molecular weight is 512 g/mol. The number of nitro benzene ring substituents is 2. The van der Waals surface area contributed by atoms with Crippen LogP contribution >= 0.6 is 0 Å². The van der Waals surface area contributed by atoms with Crippen molar-refractivity contribution in [1.29, 1.82) is 0 Å². The monoisotopic (exact) mass is 512 g/mol. The van der Waals surface area contributed by atoms with Crippen molar-refractivity contribution in [2.24, 2.45) is 0 Å². The van der Waals surface area contributed by atoms with Gasteiger partial charge in [-0.2, -0.15) is 16.8 Å². The number of carbonyl (C=O) groups excluding carboxylic acids is 2. The van der Waals surface area contributed by atoms with Crippen molar-refractivity contribution in [2.45, 2.75) is 9.79 Å². The van der Waals surface area contributed by atoms with Crippen LogP contribution in [0.25, 0.3) is 0 Å². The minimum atomic E-state index is -5.48. The number of benzene rings is 2. The molecule has 0 unspecified atom stereocenters. The van der Waals surface area contributed by atoms with E-state index in [1.165, 1.54) is 0 Å². The summed E-state index contributed by atoms with van der Waals surface area (Å²) in [6.07, 6.45) is 0. The van der Waals surface area contributed by atoms with E-state index in [1.807, 2.05) is 0 Å². The first-order chi connectivity index (χ1) is 14.5. The van der Waals surface area contributed by atoms with Crippen LogP contribution < -0.4 is 34.7 Å². The maximum atomic E-state index is 12.9. The molecule has 3 N–H and O–H groups in total. The molecule has 0 radical (unpaired) electrons. The van der Waals surface area contributed by atoms with Crippen LogP contribution in [-0.4, -0.2) is 52.5 Å². The molecule has 0 saturated carbocycles. The summed E-state index contributed by atoms with van der Waals surface area (Å²) in [6, 6.07) is -0.0596. The molecular formula is C14H5N2NaO14S2. The van der Waals surface area contributed by atoms with Crippen molar-refractivity contribution in [3.05, 3.63) is 54.6 Å². The van der Waals surface area contributed by atoms with Crippen LogP contribution in [0.4, 0.5) is 11.4 Å². The third kappa shape index (κ3) is 3.97. The van der Waals surface area contributed by atoms with E-state index in [9.17, 15) is 61.4 Å². The molecule has 0 spiro atoms. The molecule has 3 rings (SSSR count). The van der Waals surface area contributed by atoms with E-state index in [2.05, 4.69) is 0 Å². The third-order valence-corrected chi connectivity index (χ3v) is 6.05. The summed E-state index contributed by atoms with van der Waals surface area (Å²) in [7, 11) is -10.9. The Morgan fingerprint density at radius 2 is 1.09 bits per heavy atom. The van der Waals surface area contributed by atoms with Crippen LogP contribution in [0.3, 0.4) is 0 Å². The number of hydrogen-bond donors (Lipinski definition) is 3. The first-order valence-corrected chi connectivity index (χ1v) is 10.5. The molecule has 33 heavy (non-hydrogen) atoms. The fourth-order valence-electron chi connectivity index (χ4n) is 3.08. The van der Waals surface area contributed by atoms with Gasteiger partial charge in [-0.15, -0.1) is 0 Å². The van der Waals surface area contributed by atoms with E-state index in [0.29, 0.717) is 0 Å². The van der Waals surface area contributed by atoms with E-state index < -0.39 is 96.6 Å². The number of nitro groups is 2. The van der Waals surface area contributed by atoms with Crippen LogP contribution in [0.1, 0.15) is 31.8 Å². The van der Waals surface area contributed by atoms with Crippen LogP contribution in [0.15, 0.2) is 21.9 Å². The third-order valence-electron chi connectivity index (χ3n) is 4.33. The number of aromatic hydroxyl groups is 1. The van der Waals surface area contributed by atoms with Gasteiger partial charge in [-0.25, -0.2) is 0 Å². The SMILES string of the molecule is O=C1c2c([N+](=O)[O-])cc(S(=O)(=O)O)c(O)c2C(=O)c2c([N+](=O)[O-])cc(S(=O)(=O)O)c([O-])c21.[Na+]. The molecule has 0 aliphatic heterocycles. The summed E-state index contributed by atoms with van der Waals surface area (Å²) in [5.74, 6) is -7.27. The topological polar surface area (TPSA) is 272 Å². The fourth-order valence-corrected chi connectivity index (χ4v) is 4.29. The van der Waals surface area contributed by atoms with Gasteiger partial charge in [0.05, 0.1) is 20.3 Å². The number of nitrogens with zero attached hydrogens (tertiary/aromatic N) is 2. The van der Waals surface area contributed by atoms with Crippen molar-refractivity contribution in [3.63, 3.8) is 0 Å². The molecule has 0 saturated heterocycles. The van der Waals surface area contributed by atoms with E-state index >= 15 is 0 Å². The van der Waals surface area contributed by atoms with Gasteiger partial charge in [0.2, 0.25) is 11.6 Å². The Morgan fingerprint density at radius 3 is 1.48 bits per heavy atom. The Labute approximate surface area is 203 Å². The Morgan fingerprint density at radius 1 is 0.727 bits per heavy atom. The van der Waals surface area contributed by atoms with E-state index in [1.54, 1.807) is 0 Å². The molecule has 0 fully saturated rings. The predicted molar refractivity (Wildman–Crippen MR) is 93.8 cm³/mol. The number of hydrogen-bond acceptors (Lipinski definition) is 12. The zero-order chi connectivity index (χ0) is 24.5. The van der Waals surface area contributed by atoms with Crippen LogP contribution in [-0.2, 0) is 20.2 Å². The van der Waals surface area contributed by atoms with Crippen LogP contribution in [0.5, 0.6) is 11.5 Å². The summed E-state index contributed by atoms with van der Waals surface area (Å²) in [4.78, 5) is 42.4. The molecule has 0 amide bonds. The second kappa shape index (κ2) is 8.09. The molecule has 0 bridgehead atoms. The maximum absolute atomic E-state index is 12.9. The summed E-state index contributed by atoms with van der Waals surface area (Å²) in [5, 5.41) is 45.4. The molecule has 2 aromatic carbocycles. The van der Waals surface area contributed by atoms with E-state index in [-0.39, 0.29) is 41.7 Å². The van der Waals surface area contributed by atoms with Gasteiger partial charge in [0, 0.05) is 17.7 Å². The van der Waals surface area contributed by atoms with Gasteiger partial charge >= 0.3 is 29.6 Å². The zero-order valence-electron chi connectivity index (χ0n) is 15.7. The Hall–Kier alpha value is -3.00. The van der Waals surface area contributed by atoms with Gasteiger partial charge in [0.1, 0.15) is 21.8 Å². The molecular weight excluding hydrogens is 507 g/mol. The number of rotatable bonds is 4. The Kier molecular flexibility index (Phi) is 6.44. The summed E-state index contributed by atoms with van der Waals surface area (Å²) < 4.78 is 64.1. The quantitative estimate of drug-likeness (QED) is 0.133. The minimum absolute atomic E-state index is 0. The number of phenols is 1. The average Bonchev–Trinajstić information content (AvgIpc) is 2.62.